The molecule has 1 N–H and O–H groups in total. The zero-order valence-corrected chi connectivity index (χ0v) is 9.61. The first-order valence-corrected chi connectivity index (χ1v) is 5.56. The molecular weight excluding hydrogens is 204 g/mol. The van der Waals surface area contributed by atoms with Crippen LogP contribution in [-0.2, 0) is 16.0 Å². The number of hydrogen-bond donors (Lipinski definition) is 1. The largest absolute Gasteiger partial charge is 0.372 e. The quantitative estimate of drug-likeness (QED) is 0.704. The fraction of sp³-hybridized carbons (Fsp3) is 0.500. The second-order valence-electron chi connectivity index (χ2n) is 3.51. The molecule has 88 valence electrons. The van der Waals surface area contributed by atoms with Gasteiger partial charge in [-0.05, 0) is 30.5 Å². The standard InChI is InChI=1S/C12H18N2O2/c1-2-9-16-10-12(15)14-8-5-11-3-6-13-7-4-11/h3-4,6-7H,2,5,8-10H2,1H3,(H,14,15). The summed E-state index contributed by atoms with van der Waals surface area (Å²) < 4.78 is 5.13. The van der Waals surface area contributed by atoms with Gasteiger partial charge in [-0.2, -0.15) is 0 Å². The number of amides is 1. The number of ether oxygens (including phenoxy) is 1. The summed E-state index contributed by atoms with van der Waals surface area (Å²) in [5.41, 5.74) is 1.17. The molecular formula is C12H18N2O2. The fourth-order valence-corrected chi connectivity index (χ4v) is 1.26. The van der Waals surface area contributed by atoms with Crippen molar-refractivity contribution in [3.63, 3.8) is 0 Å². The predicted octanol–water partition coefficient (Wildman–Crippen LogP) is 1.17. The highest BCUT2D eigenvalue weighted by Crippen LogP contribution is 1.95. The third-order valence-electron chi connectivity index (χ3n) is 2.07. The molecule has 1 heterocycles. The number of hydrogen-bond acceptors (Lipinski definition) is 3. The number of pyridine rings is 1. The van der Waals surface area contributed by atoms with Gasteiger partial charge in [0, 0.05) is 25.5 Å². The Kier molecular flexibility index (Phi) is 6.18. The van der Waals surface area contributed by atoms with Crippen LogP contribution in [0, 0.1) is 0 Å². The van der Waals surface area contributed by atoms with Gasteiger partial charge in [0.25, 0.3) is 0 Å². The molecule has 0 bridgehead atoms. The monoisotopic (exact) mass is 222 g/mol. The van der Waals surface area contributed by atoms with E-state index in [4.69, 9.17) is 4.74 Å². The molecule has 4 heteroatoms. The number of rotatable bonds is 7. The maximum Gasteiger partial charge on any atom is 0.246 e. The minimum atomic E-state index is -0.0532. The van der Waals surface area contributed by atoms with Crippen molar-refractivity contribution in [1.82, 2.24) is 10.3 Å². The van der Waals surface area contributed by atoms with Crippen molar-refractivity contribution in [2.75, 3.05) is 19.8 Å². The third kappa shape index (κ3) is 5.46. The van der Waals surface area contributed by atoms with E-state index in [1.54, 1.807) is 12.4 Å². The fourth-order valence-electron chi connectivity index (χ4n) is 1.26. The Morgan fingerprint density at radius 3 is 2.88 bits per heavy atom. The minimum absolute atomic E-state index is 0.0532. The minimum Gasteiger partial charge on any atom is -0.372 e. The average molecular weight is 222 g/mol. The zero-order chi connectivity index (χ0) is 11.6. The Morgan fingerprint density at radius 2 is 2.19 bits per heavy atom. The summed E-state index contributed by atoms with van der Waals surface area (Å²) >= 11 is 0. The molecule has 0 spiro atoms. The summed E-state index contributed by atoms with van der Waals surface area (Å²) in [6, 6.07) is 3.89. The normalized spacial score (nSPS) is 10.1. The second-order valence-corrected chi connectivity index (χ2v) is 3.51. The van der Waals surface area contributed by atoms with E-state index in [0.717, 1.165) is 12.8 Å². The van der Waals surface area contributed by atoms with Gasteiger partial charge < -0.3 is 10.1 Å². The van der Waals surface area contributed by atoms with Gasteiger partial charge in [-0.25, -0.2) is 0 Å². The van der Waals surface area contributed by atoms with Crippen molar-refractivity contribution >= 4 is 5.91 Å². The maximum atomic E-state index is 11.3. The summed E-state index contributed by atoms with van der Waals surface area (Å²) in [6.45, 7) is 3.45. The van der Waals surface area contributed by atoms with E-state index in [0.29, 0.717) is 13.2 Å². The molecule has 0 saturated heterocycles. The Balaban J connectivity index is 2.09. The SMILES string of the molecule is CCCOCC(=O)NCCc1ccncc1. The highest BCUT2D eigenvalue weighted by atomic mass is 16.5. The van der Waals surface area contributed by atoms with E-state index in [2.05, 4.69) is 10.3 Å². The smallest absolute Gasteiger partial charge is 0.246 e. The van der Waals surface area contributed by atoms with E-state index in [-0.39, 0.29) is 12.5 Å². The van der Waals surface area contributed by atoms with Crippen LogP contribution < -0.4 is 5.32 Å². The second kappa shape index (κ2) is 7.82. The van der Waals surface area contributed by atoms with Gasteiger partial charge in [0.1, 0.15) is 6.61 Å². The van der Waals surface area contributed by atoms with E-state index in [1.807, 2.05) is 19.1 Å². The van der Waals surface area contributed by atoms with Gasteiger partial charge in [0.15, 0.2) is 0 Å². The van der Waals surface area contributed by atoms with Crippen molar-refractivity contribution in [2.45, 2.75) is 19.8 Å². The molecule has 1 amide bonds. The lowest BCUT2D eigenvalue weighted by atomic mass is 10.2. The molecule has 4 nitrogen and oxygen atoms in total. The predicted molar refractivity (Wildman–Crippen MR) is 62.1 cm³/mol. The first kappa shape index (κ1) is 12.6. The van der Waals surface area contributed by atoms with Crippen LogP contribution in [0.2, 0.25) is 0 Å². The molecule has 0 fully saturated rings. The molecule has 1 aromatic heterocycles. The molecule has 0 radical (unpaired) electrons. The summed E-state index contributed by atoms with van der Waals surface area (Å²) in [5.74, 6) is -0.0532. The number of aromatic nitrogens is 1. The van der Waals surface area contributed by atoms with Gasteiger partial charge in [0.2, 0.25) is 5.91 Å². The van der Waals surface area contributed by atoms with Gasteiger partial charge in [-0.1, -0.05) is 6.92 Å². The van der Waals surface area contributed by atoms with Crippen molar-refractivity contribution in [2.24, 2.45) is 0 Å². The Bertz CT molecular complexity index is 301. The van der Waals surface area contributed by atoms with Crippen LogP contribution in [0.25, 0.3) is 0 Å². The van der Waals surface area contributed by atoms with Crippen LogP contribution in [0.3, 0.4) is 0 Å². The van der Waals surface area contributed by atoms with Crippen molar-refractivity contribution in [1.29, 1.82) is 0 Å². The van der Waals surface area contributed by atoms with Crippen LogP contribution in [0.5, 0.6) is 0 Å². The topological polar surface area (TPSA) is 51.2 Å². The molecule has 0 aliphatic carbocycles. The average Bonchev–Trinajstić information content (AvgIpc) is 2.31. The Morgan fingerprint density at radius 1 is 1.44 bits per heavy atom. The van der Waals surface area contributed by atoms with Crippen LogP contribution in [-0.4, -0.2) is 30.6 Å². The van der Waals surface area contributed by atoms with Gasteiger partial charge in [-0.3, -0.25) is 9.78 Å². The zero-order valence-electron chi connectivity index (χ0n) is 9.61. The summed E-state index contributed by atoms with van der Waals surface area (Å²) in [7, 11) is 0. The lowest BCUT2D eigenvalue weighted by molar-refractivity contribution is -0.125. The van der Waals surface area contributed by atoms with Gasteiger partial charge in [0.05, 0.1) is 0 Å². The Hall–Kier alpha value is -1.42. The third-order valence-corrected chi connectivity index (χ3v) is 2.07. The molecule has 0 atom stereocenters. The highest BCUT2D eigenvalue weighted by molar-refractivity contribution is 5.77. The van der Waals surface area contributed by atoms with E-state index < -0.39 is 0 Å². The first-order chi connectivity index (χ1) is 7.83. The number of carbonyl (C=O) groups excluding carboxylic acids is 1. The molecule has 0 aliphatic heterocycles. The van der Waals surface area contributed by atoms with E-state index in [1.165, 1.54) is 5.56 Å². The summed E-state index contributed by atoms with van der Waals surface area (Å²) in [6.07, 6.45) is 5.26. The molecule has 1 rings (SSSR count). The first-order valence-electron chi connectivity index (χ1n) is 5.56. The summed E-state index contributed by atoms with van der Waals surface area (Å²) in [5, 5.41) is 2.81. The summed E-state index contributed by atoms with van der Waals surface area (Å²) in [4.78, 5) is 15.2. The van der Waals surface area contributed by atoms with Crippen molar-refractivity contribution in [3.8, 4) is 0 Å². The van der Waals surface area contributed by atoms with Gasteiger partial charge in [-0.15, -0.1) is 0 Å². The lowest BCUT2D eigenvalue weighted by Crippen LogP contribution is -2.29. The molecule has 16 heavy (non-hydrogen) atoms. The molecule has 0 unspecified atom stereocenters. The molecule has 1 aromatic rings. The van der Waals surface area contributed by atoms with Crippen LogP contribution >= 0.6 is 0 Å². The molecule has 0 aliphatic rings. The maximum absolute atomic E-state index is 11.3. The van der Waals surface area contributed by atoms with Crippen molar-refractivity contribution in [3.05, 3.63) is 30.1 Å². The van der Waals surface area contributed by atoms with Crippen molar-refractivity contribution < 1.29 is 9.53 Å². The van der Waals surface area contributed by atoms with Crippen LogP contribution in [0.1, 0.15) is 18.9 Å². The van der Waals surface area contributed by atoms with E-state index >= 15 is 0 Å². The number of carbonyl (C=O) groups is 1. The van der Waals surface area contributed by atoms with Gasteiger partial charge >= 0.3 is 0 Å². The molecule has 0 aromatic carbocycles. The van der Waals surface area contributed by atoms with Crippen LogP contribution in [0.4, 0.5) is 0 Å². The number of nitrogens with zero attached hydrogens (tertiary/aromatic N) is 1. The Labute approximate surface area is 96.0 Å². The van der Waals surface area contributed by atoms with Crippen LogP contribution in [0.15, 0.2) is 24.5 Å². The number of nitrogens with one attached hydrogen (secondary N) is 1. The lowest BCUT2D eigenvalue weighted by Gasteiger charge is -2.05. The van der Waals surface area contributed by atoms with E-state index in [9.17, 15) is 4.79 Å². The highest BCUT2D eigenvalue weighted by Gasteiger charge is 1.99. The molecule has 0 saturated carbocycles.